The molecule has 3 rings (SSSR count). The van der Waals surface area contributed by atoms with Gasteiger partial charge < -0.3 is 14.8 Å². The molecular formula is C20H31N3O5S. The summed E-state index contributed by atoms with van der Waals surface area (Å²) in [4.78, 5) is 15.1. The van der Waals surface area contributed by atoms with Crippen LogP contribution in [0.25, 0.3) is 0 Å². The second-order valence-electron chi connectivity index (χ2n) is 7.81. The molecule has 0 saturated carbocycles. The first-order chi connectivity index (χ1) is 13.8. The van der Waals surface area contributed by atoms with Crippen LogP contribution in [0.2, 0.25) is 0 Å². The van der Waals surface area contributed by atoms with E-state index in [0.29, 0.717) is 38.4 Å². The number of ether oxygens (including phenoxy) is 2. The van der Waals surface area contributed by atoms with Gasteiger partial charge in [-0.15, -0.1) is 0 Å². The average molecular weight is 426 g/mol. The van der Waals surface area contributed by atoms with E-state index in [4.69, 9.17) is 9.47 Å². The van der Waals surface area contributed by atoms with Crippen molar-refractivity contribution in [3.8, 4) is 0 Å². The summed E-state index contributed by atoms with van der Waals surface area (Å²) in [6, 6.07) is 6.38. The van der Waals surface area contributed by atoms with E-state index in [2.05, 4.69) is 17.1 Å². The van der Waals surface area contributed by atoms with Crippen molar-refractivity contribution in [2.45, 2.75) is 43.9 Å². The van der Waals surface area contributed by atoms with E-state index in [9.17, 15) is 13.2 Å². The topological polar surface area (TPSA) is 88.2 Å². The van der Waals surface area contributed by atoms with Crippen LogP contribution in [-0.2, 0) is 19.5 Å². The summed E-state index contributed by atoms with van der Waals surface area (Å²) in [6.45, 7) is 9.74. The fourth-order valence-corrected chi connectivity index (χ4v) is 5.24. The maximum Gasteiger partial charge on any atom is 0.251 e. The number of carbonyl (C=O) groups excluding carboxylic acids is 1. The first-order valence-corrected chi connectivity index (χ1v) is 11.6. The fourth-order valence-electron chi connectivity index (χ4n) is 3.78. The van der Waals surface area contributed by atoms with Crippen molar-refractivity contribution >= 4 is 15.9 Å². The van der Waals surface area contributed by atoms with Crippen LogP contribution >= 0.6 is 0 Å². The number of benzene rings is 1. The minimum Gasteiger partial charge on any atom is -0.379 e. The highest BCUT2D eigenvalue weighted by atomic mass is 32.2. The van der Waals surface area contributed by atoms with Gasteiger partial charge in [0.1, 0.15) is 0 Å². The number of sulfonamides is 1. The lowest BCUT2D eigenvalue weighted by Crippen LogP contribution is -2.52. The number of hydrogen-bond acceptors (Lipinski definition) is 6. The van der Waals surface area contributed by atoms with Gasteiger partial charge in [-0.1, -0.05) is 6.07 Å². The third kappa shape index (κ3) is 5.55. The monoisotopic (exact) mass is 425 g/mol. The van der Waals surface area contributed by atoms with Crippen molar-refractivity contribution in [3.05, 3.63) is 29.8 Å². The zero-order valence-electron chi connectivity index (χ0n) is 17.3. The molecule has 1 amide bonds. The molecular weight excluding hydrogens is 394 g/mol. The first kappa shape index (κ1) is 22.2. The third-order valence-electron chi connectivity index (χ3n) is 5.33. The van der Waals surface area contributed by atoms with Gasteiger partial charge in [-0.3, -0.25) is 9.69 Å². The molecule has 0 bridgehead atoms. The highest BCUT2D eigenvalue weighted by molar-refractivity contribution is 7.89. The number of rotatable bonds is 6. The molecule has 0 aromatic heterocycles. The van der Waals surface area contributed by atoms with Crippen molar-refractivity contribution in [3.63, 3.8) is 0 Å². The van der Waals surface area contributed by atoms with Gasteiger partial charge in [0.05, 0.1) is 30.3 Å². The molecule has 1 aromatic rings. The molecule has 1 N–H and O–H groups in total. The summed E-state index contributed by atoms with van der Waals surface area (Å²) in [5.74, 6) is -0.273. The Kier molecular flexibility index (Phi) is 7.28. The Bertz CT molecular complexity index is 800. The Labute approximate surface area is 173 Å². The lowest BCUT2D eigenvalue weighted by atomic mass is 10.1. The number of hydrogen-bond donors (Lipinski definition) is 1. The van der Waals surface area contributed by atoms with Crippen molar-refractivity contribution in [1.82, 2.24) is 14.5 Å². The van der Waals surface area contributed by atoms with Crippen LogP contribution in [0.15, 0.2) is 29.2 Å². The standard InChI is InChI=1S/C20H31N3O5S/c1-15(22-13-16(2)28-17(3)14-22)12-21-20(24)18-5-4-6-19(11-18)29(25,26)23-7-9-27-10-8-23/h4-6,11,15-17H,7-10,12-14H2,1-3H3,(H,21,24). The molecule has 0 spiro atoms. The number of carbonyl (C=O) groups is 1. The third-order valence-corrected chi connectivity index (χ3v) is 7.23. The number of morpholine rings is 2. The predicted molar refractivity (Wildman–Crippen MR) is 109 cm³/mol. The van der Waals surface area contributed by atoms with E-state index in [1.165, 1.54) is 16.4 Å². The van der Waals surface area contributed by atoms with Gasteiger partial charge in [-0.2, -0.15) is 4.31 Å². The molecule has 2 aliphatic heterocycles. The summed E-state index contributed by atoms with van der Waals surface area (Å²) in [7, 11) is -3.63. The summed E-state index contributed by atoms with van der Waals surface area (Å²) in [5.41, 5.74) is 0.343. The molecule has 2 aliphatic rings. The van der Waals surface area contributed by atoms with Gasteiger partial charge >= 0.3 is 0 Å². The van der Waals surface area contributed by atoms with Crippen molar-refractivity contribution in [2.24, 2.45) is 0 Å². The second-order valence-corrected chi connectivity index (χ2v) is 9.75. The Morgan fingerprint density at radius 1 is 1.21 bits per heavy atom. The largest absolute Gasteiger partial charge is 0.379 e. The maximum atomic E-state index is 12.8. The summed E-state index contributed by atoms with van der Waals surface area (Å²) in [5, 5.41) is 2.93. The van der Waals surface area contributed by atoms with Crippen LogP contribution in [0, 0.1) is 0 Å². The SMILES string of the molecule is CC1CN(C(C)CNC(=O)c2cccc(S(=O)(=O)N3CCOCC3)c2)CC(C)O1. The van der Waals surface area contributed by atoms with Gasteiger partial charge in [0.25, 0.3) is 5.91 Å². The Morgan fingerprint density at radius 2 is 1.86 bits per heavy atom. The molecule has 1 aromatic carbocycles. The molecule has 3 unspecified atom stereocenters. The minimum absolute atomic E-state index is 0.135. The highest BCUT2D eigenvalue weighted by Crippen LogP contribution is 2.18. The molecule has 29 heavy (non-hydrogen) atoms. The van der Waals surface area contributed by atoms with E-state index in [-0.39, 0.29) is 29.1 Å². The summed E-state index contributed by atoms with van der Waals surface area (Å²) < 4.78 is 38.0. The van der Waals surface area contributed by atoms with E-state index >= 15 is 0 Å². The Hall–Kier alpha value is -1.52. The van der Waals surface area contributed by atoms with Crippen molar-refractivity contribution < 1.29 is 22.7 Å². The first-order valence-electron chi connectivity index (χ1n) is 10.1. The van der Waals surface area contributed by atoms with Crippen LogP contribution in [0.1, 0.15) is 31.1 Å². The molecule has 9 heteroatoms. The lowest BCUT2D eigenvalue weighted by Gasteiger charge is -2.39. The number of nitrogens with one attached hydrogen (secondary N) is 1. The minimum atomic E-state index is -3.63. The molecule has 2 fully saturated rings. The molecule has 2 saturated heterocycles. The van der Waals surface area contributed by atoms with E-state index in [1.54, 1.807) is 12.1 Å². The molecule has 3 atom stereocenters. The van der Waals surface area contributed by atoms with Crippen LogP contribution in [0.4, 0.5) is 0 Å². The molecule has 162 valence electrons. The van der Waals surface area contributed by atoms with Crippen LogP contribution < -0.4 is 5.32 Å². The smallest absolute Gasteiger partial charge is 0.251 e. The van der Waals surface area contributed by atoms with Gasteiger partial charge in [0, 0.05) is 44.3 Å². The summed E-state index contributed by atoms with van der Waals surface area (Å²) in [6.07, 6.45) is 0.331. The molecule has 8 nitrogen and oxygen atoms in total. The average Bonchev–Trinajstić information content (AvgIpc) is 2.71. The maximum absolute atomic E-state index is 12.8. The van der Waals surface area contributed by atoms with Gasteiger partial charge in [0.2, 0.25) is 10.0 Å². The van der Waals surface area contributed by atoms with Gasteiger partial charge in [-0.25, -0.2) is 8.42 Å². The van der Waals surface area contributed by atoms with E-state index in [0.717, 1.165) is 13.1 Å². The quantitative estimate of drug-likeness (QED) is 0.730. The van der Waals surface area contributed by atoms with Crippen LogP contribution in [0.5, 0.6) is 0 Å². The highest BCUT2D eigenvalue weighted by Gasteiger charge is 2.28. The molecule has 0 radical (unpaired) electrons. The van der Waals surface area contributed by atoms with E-state index < -0.39 is 10.0 Å². The number of nitrogens with zero attached hydrogens (tertiary/aromatic N) is 2. The van der Waals surface area contributed by atoms with Crippen LogP contribution in [-0.4, -0.2) is 87.7 Å². The fraction of sp³-hybridized carbons (Fsp3) is 0.650. The second kappa shape index (κ2) is 9.53. The number of amides is 1. The van der Waals surface area contributed by atoms with Gasteiger partial charge in [-0.05, 0) is 39.0 Å². The molecule has 2 heterocycles. The lowest BCUT2D eigenvalue weighted by molar-refractivity contribution is -0.0778. The van der Waals surface area contributed by atoms with Crippen molar-refractivity contribution in [1.29, 1.82) is 0 Å². The zero-order valence-corrected chi connectivity index (χ0v) is 18.2. The molecule has 0 aliphatic carbocycles. The van der Waals surface area contributed by atoms with Crippen LogP contribution in [0.3, 0.4) is 0 Å². The predicted octanol–water partition coefficient (Wildman–Crippen LogP) is 0.935. The van der Waals surface area contributed by atoms with Crippen molar-refractivity contribution in [2.75, 3.05) is 45.9 Å². The summed E-state index contributed by atoms with van der Waals surface area (Å²) >= 11 is 0. The van der Waals surface area contributed by atoms with E-state index in [1.807, 2.05) is 13.8 Å². The normalized spacial score (nSPS) is 25.5. The Balaban J connectivity index is 1.62. The Morgan fingerprint density at radius 3 is 2.52 bits per heavy atom. The van der Waals surface area contributed by atoms with Gasteiger partial charge in [0.15, 0.2) is 0 Å². The zero-order chi connectivity index (χ0) is 21.0.